The van der Waals surface area contributed by atoms with Gasteiger partial charge in [0.15, 0.2) is 17.0 Å². The van der Waals surface area contributed by atoms with Crippen LogP contribution < -0.4 is 14.8 Å². The lowest BCUT2D eigenvalue weighted by atomic mass is 9.95. The molecule has 1 amide bonds. The van der Waals surface area contributed by atoms with Gasteiger partial charge in [0.1, 0.15) is 11.5 Å². The number of aliphatic hydroxyl groups is 1. The van der Waals surface area contributed by atoms with Crippen LogP contribution in [0.15, 0.2) is 41.9 Å². The highest BCUT2D eigenvalue weighted by molar-refractivity contribution is 7.89. The number of nitrogens with one attached hydrogen (secondary N) is 2. The lowest BCUT2D eigenvalue weighted by Crippen LogP contribution is -2.61. The lowest BCUT2D eigenvalue weighted by Gasteiger charge is -2.33. The number of aryl methyl sites for hydroxylation is 2. The van der Waals surface area contributed by atoms with Gasteiger partial charge in [-0.3, -0.25) is 4.79 Å². The number of alkyl halides is 3. The molecule has 176 valence electrons. The van der Waals surface area contributed by atoms with E-state index in [2.05, 4.69) is 11.9 Å². The van der Waals surface area contributed by atoms with Crippen LogP contribution in [0.4, 0.5) is 18.9 Å². The van der Waals surface area contributed by atoms with E-state index in [4.69, 9.17) is 10.00 Å². The minimum atomic E-state index is -5.26. The highest BCUT2D eigenvalue weighted by Crippen LogP contribution is 2.39. The quantitative estimate of drug-likeness (QED) is 0.569. The Bertz CT molecular complexity index is 1280. The summed E-state index contributed by atoms with van der Waals surface area (Å²) in [7, 11) is -3.28. The molecule has 0 fully saturated rings. The van der Waals surface area contributed by atoms with E-state index in [9.17, 15) is 31.5 Å². The third kappa shape index (κ3) is 4.20. The molecule has 2 heterocycles. The van der Waals surface area contributed by atoms with E-state index in [1.807, 2.05) is 6.07 Å². The minimum absolute atomic E-state index is 0.178. The van der Waals surface area contributed by atoms with Gasteiger partial charge in [0.25, 0.3) is 5.91 Å². The summed E-state index contributed by atoms with van der Waals surface area (Å²) in [5, 5.41) is 21.8. The van der Waals surface area contributed by atoms with E-state index >= 15 is 0 Å². The smallest absolute Gasteiger partial charge is 0.422 e. The summed E-state index contributed by atoms with van der Waals surface area (Å²) in [4.78, 5) is 12.3. The zero-order valence-corrected chi connectivity index (χ0v) is 18.2. The first kappa shape index (κ1) is 24.3. The highest BCUT2D eigenvalue weighted by atomic mass is 32.2. The molecule has 2 atom stereocenters. The SMILES string of the molecule is C=C[C@@](O)([C@H]1COc2c(cn(C)c2C(=O)Nc2ccc(C)c(C#N)c2)S(=O)(=O)N1)C(F)(F)F. The minimum Gasteiger partial charge on any atom is -0.488 e. The van der Waals surface area contributed by atoms with Gasteiger partial charge in [0, 0.05) is 18.9 Å². The van der Waals surface area contributed by atoms with Crippen molar-refractivity contribution in [3.8, 4) is 11.8 Å². The molecule has 2 aromatic rings. The van der Waals surface area contributed by atoms with Gasteiger partial charge in [-0.2, -0.15) is 18.4 Å². The summed E-state index contributed by atoms with van der Waals surface area (Å²) in [5.41, 5.74) is -2.69. The average Bonchev–Trinajstić information content (AvgIpc) is 3.01. The van der Waals surface area contributed by atoms with E-state index in [1.165, 1.54) is 19.2 Å². The fourth-order valence-electron chi connectivity index (χ4n) is 3.30. The first-order valence-corrected chi connectivity index (χ1v) is 10.8. The van der Waals surface area contributed by atoms with E-state index < -0.39 is 51.0 Å². The number of anilines is 1. The Hall–Kier alpha value is -3.34. The monoisotopic (exact) mass is 484 g/mol. The van der Waals surface area contributed by atoms with Crippen LogP contribution in [0.25, 0.3) is 0 Å². The Balaban J connectivity index is 2.00. The number of sulfonamides is 1. The predicted octanol–water partition coefficient (Wildman–Crippen LogP) is 1.98. The maximum absolute atomic E-state index is 13.4. The van der Waals surface area contributed by atoms with Crippen molar-refractivity contribution in [2.24, 2.45) is 7.05 Å². The average molecular weight is 484 g/mol. The molecule has 3 rings (SSSR count). The van der Waals surface area contributed by atoms with Crippen LogP contribution >= 0.6 is 0 Å². The fourth-order valence-corrected chi connectivity index (χ4v) is 4.75. The lowest BCUT2D eigenvalue weighted by molar-refractivity contribution is -0.249. The topological polar surface area (TPSA) is 133 Å². The molecule has 1 aromatic carbocycles. The number of nitriles is 1. The Morgan fingerprint density at radius 1 is 1.45 bits per heavy atom. The Kier molecular flexibility index (Phi) is 6.05. The van der Waals surface area contributed by atoms with E-state index in [1.54, 1.807) is 17.7 Å². The molecular weight excluding hydrogens is 465 g/mol. The number of rotatable bonds is 4. The van der Waals surface area contributed by atoms with Crippen LogP contribution in [0.2, 0.25) is 0 Å². The normalized spacial score (nSPS) is 19.2. The molecule has 0 aliphatic carbocycles. The van der Waals surface area contributed by atoms with Gasteiger partial charge in [-0.15, -0.1) is 0 Å². The zero-order valence-electron chi connectivity index (χ0n) is 17.4. The number of carbonyl (C=O) groups is 1. The molecule has 1 aliphatic rings. The summed E-state index contributed by atoms with van der Waals surface area (Å²) >= 11 is 0. The van der Waals surface area contributed by atoms with Gasteiger partial charge < -0.3 is 19.7 Å². The summed E-state index contributed by atoms with van der Waals surface area (Å²) in [5.74, 6) is -1.30. The van der Waals surface area contributed by atoms with Crippen molar-refractivity contribution in [3.05, 3.63) is 53.9 Å². The molecule has 0 saturated carbocycles. The molecule has 1 aromatic heterocycles. The Morgan fingerprint density at radius 2 is 2.12 bits per heavy atom. The molecule has 0 unspecified atom stereocenters. The van der Waals surface area contributed by atoms with Gasteiger partial charge in [-0.25, -0.2) is 13.1 Å². The summed E-state index contributed by atoms with van der Waals surface area (Å²) in [6.45, 7) is 3.73. The number of ether oxygens (including phenoxy) is 1. The summed E-state index contributed by atoms with van der Waals surface area (Å²) in [6.07, 6.45) is -4.07. The molecule has 3 N–H and O–H groups in total. The van der Waals surface area contributed by atoms with Crippen LogP contribution in [0, 0.1) is 18.3 Å². The second-order valence-corrected chi connectivity index (χ2v) is 9.07. The van der Waals surface area contributed by atoms with Crippen molar-refractivity contribution in [2.75, 3.05) is 11.9 Å². The maximum atomic E-state index is 13.4. The number of aromatic nitrogens is 1. The number of benzene rings is 1. The third-order valence-corrected chi connectivity index (χ3v) is 6.68. The van der Waals surface area contributed by atoms with E-state index in [0.29, 0.717) is 11.1 Å². The molecule has 9 nitrogen and oxygen atoms in total. The van der Waals surface area contributed by atoms with E-state index in [-0.39, 0.29) is 17.5 Å². The number of hydrogen-bond donors (Lipinski definition) is 3. The molecular formula is C20H19F3N4O5S. The Morgan fingerprint density at radius 3 is 2.70 bits per heavy atom. The number of fused-ring (bicyclic) bond motifs is 1. The van der Waals surface area contributed by atoms with Crippen molar-refractivity contribution < 1.29 is 36.2 Å². The fraction of sp³-hybridized carbons (Fsp3) is 0.300. The highest BCUT2D eigenvalue weighted by Gasteiger charge is 2.58. The summed E-state index contributed by atoms with van der Waals surface area (Å²) in [6, 6.07) is 4.35. The van der Waals surface area contributed by atoms with Crippen LogP contribution in [0.5, 0.6) is 5.75 Å². The predicted molar refractivity (Wildman–Crippen MR) is 110 cm³/mol. The van der Waals surface area contributed by atoms with Crippen LogP contribution in [-0.2, 0) is 17.1 Å². The van der Waals surface area contributed by atoms with Crippen molar-refractivity contribution in [1.82, 2.24) is 9.29 Å². The van der Waals surface area contributed by atoms with Crippen LogP contribution in [0.1, 0.15) is 21.6 Å². The maximum Gasteiger partial charge on any atom is 0.422 e. The molecule has 0 spiro atoms. The van der Waals surface area contributed by atoms with Crippen molar-refractivity contribution in [1.29, 1.82) is 5.26 Å². The molecule has 0 bridgehead atoms. The standard InChI is InChI=1S/C20H19F3N4O5S/c1-4-19(29,20(21,22)23)15-10-32-17-14(33(30,31)26-15)9-27(3)16(17)18(28)25-13-6-5-11(2)12(7-13)8-24/h4-7,9,15,26,29H,1,10H2,2-3H3,(H,25,28)/t15-,19-/m1/s1. The van der Waals surface area contributed by atoms with Gasteiger partial charge in [0.2, 0.25) is 10.0 Å². The number of carbonyl (C=O) groups excluding carboxylic acids is 1. The molecule has 0 radical (unpaired) electrons. The second-order valence-electron chi connectivity index (χ2n) is 7.39. The molecule has 1 aliphatic heterocycles. The number of hydrogen-bond acceptors (Lipinski definition) is 6. The van der Waals surface area contributed by atoms with Crippen molar-refractivity contribution in [3.63, 3.8) is 0 Å². The van der Waals surface area contributed by atoms with Crippen molar-refractivity contribution >= 4 is 21.6 Å². The third-order valence-electron chi connectivity index (χ3n) is 5.21. The van der Waals surface area contributed by atoms with Gasteiger partial charge >= 0.3 is 6.18 Å². The number of amides is 1. The molecule has 0 saturated heterocycles. The first-order valence-electron chi connectivity index (χ1n) is 9.34. The van der Waals surface area contributed by atoms with E-state index in [0.717, 1.165) is 10.8 Å². The molecule has 13 heteroatoms. The van der Waals surface area contributed by atoms with Crippen molar-refractivity contribution in [2.45, 2.75) is 29.6 Å². The number of nitrogens with zero attached hydrogens (tertiary/aromatic N) is 2. The summed E-state index contributed by atoms with van der Waals surface area (Å²) < 4.78 is 74.1. The largest absolute Gasteiger partial charge is 0.488 e. The Labute approximate surface area is 187 Å². The van der Waals surface area contributed by atoms with Crippen LogP contribution in [0.3, 0.4) is 0 Å². The second kappa shape index (κ2) is 8.22. The van der Waals surface area contributed by atoms with Gasteiger partial charge in [-0.1, -0.05) is 12.6 Å². The van der Waals surface area contributed by atoms with Gasteiger partial charge in [0.05, 0.1) is 17.7 Å². The first-order chi connectivity index (χ1) is 15.2. The van der Waals surface area contributed by atoms with Gasteiger partial charge in [-0.05, 0) is 30.7 Å². The number of halogens is 3. The molecule has 33 heavy (non-hydrogen) atoms. The zero-order chi connectivity index (χ0) is 24.8. The van der Waals surface area contributed by atoms with Crippen LogP contribution in [-0.4, -0.2) is 48.4 Å².